The smallest absolute Gasteiger partial charge is 0.0589 e. The number of nitrogens with zero attached hydrogens (tertiary/aromatic N) is 1. The number of nitrogens with one attached hydrogen (secondary N) is 1. The Morgan fingerprint density at radius 3 is 2.33 bits per heavy atom. The highest BCUT2D eigenvalue weighted by atomic mass is 16.5. The Morgan fingerprint density at radius 2 is 1.67 bits per heavy atom. The molecule has 0 spiro atoms. The second-order valence-corrected chi connectivity index (χ2v) is 5.12. The van der Waals surface area contributed by atoms with Gasteiger partial charge in [-0.3, -0.25) is 0 Å². The molecule has 4 heteroatoms. The Hall–Kier alpha value is -0.160. The molecule has 108 valence electrons. The van der Waals surface area contributed by atoms with Crippen LogP contribution in [0, 0.1) is 0 Å². The minimum Gasteiger partial charge on any atom is -0.385 e. The van der Waals surface area contributed by atoms with E-state index in [4.69, 9.17) is 9.47 Å². The summed E-state index contributed by atoms with van der Waals surface area (Å²) in [5.41, 5.74) is 0. The molecule has 0 aromatic rings. The predicted octanol–water partition coefficient (Wildman–Crippen LogP) is 1.50. The highest BCUT2D eigenvalue weighted by Gasteiger charge is 2.19. The first-order valence-corrected chi connectivity index (χ1v) is 7.30. The van der Waals surface area contributed by atoms with Crippen LogP contribution < -0.4 is 5.32 Å². The van der Waals surface area contributed by atoms with Gasteiger partial charge >= 0.3 is 0 Å². The lowest BCUT2D eigenvalue weighted by Crippen LogP contribution is -2.30. The maximum Gasteiger partial charge on any atom is 0.0589 e. The van der Waals surface area contributed by atoms with Crippen LogP contribution in [0.25, 0.3) is 0 Å². The first-order chi connectivity index (χ1) is 8.86. The van der Waals surface area contributed by atoms with Gasteiger partial charge in [0.25, 0.3) is 0 Å². The standard InChI is InChI=1S/C14H30N2O2/c1-17-12-5-10-16(11-13-18-2)9-4-3-8-15-14-6-7-14/h14-15H,3-13H2,1-2H3. The van der Waals surface area contributed by atoms with Crippen LogP contribution >= 0.6 is 0 Å². The van der Waals surface area contributed by atoms with Crippen LogP contribution in [-0.4, -0.2) is 64.6 Å². The zero-order chi connectivity index (χ0) is 13.1. The van der Waals surface area contributed by atoms with Gasteiger partial charge in [0, 0.05) is 40.0 Å². The normalized spacial score (nSPS) is 15.5. The van der Waals surface area contributed by atoms with Crippen LogP contribution in [0.5, 0.6) is 0 Å². The predicted molar refractivity (Wildman–Crippen MR) is 75.1 cm³/mol. The molecule has 0 aromatic carbocycles. The van der Waals surface area contributed by atoms with Gasteiger partial charge in [-0.15, -0.1) is 0 Å². The molecule has 4 nitrogen and oxygen atoms in total. The van der Waals surface area contributed by atoms with Gasteiger partial charge in [-0.25, -0.2) is 0 Å². The van der Waals surface area contributed by atoms with E-state index in [0.717, 1.165) is 38.8 Å². The monoisotopic (exact) mass is 258 g/mol. The molecule has 1 N–H and O–H groups in total. The van der Waals surface area contributed by atoms with Crippen molar-refractivity contribution in [2.45, 2.75) is 38.1 Å². The fraction of sp³-hybridized carbons (Fsp3) is 1.00. The van der Waals surface area contributed by atoms with Crippen molar-refractivity contribution >= 4 is 0 Å². The van der Waals surface area contributed by atoms with Crippen LogP contribution in [0.4, 0.5) is 0 Å². The fourth-order valence-electron chi connectivity index (χ4n) is 2.04. The molecule has 1 aliphatic carbocycles. The maximum atomic E-state index is 5.16. The summed E-state index contributed by atoms with van der Waals surface area (Å²) in [6.45, 7) is 6.20. The average molecular weight is 258 g/mol. The molecule has 1 aliphatic rings. The second-order valence-electron chi connectivity index (χ2n) is 5.12. The zero-order valence-corrected chi connectivity index (χ0v) is 12.1. The van der Waals surface area contributed by atoms with E-state index in [-0.39, 0.29) is 0 Å². The minimum atomic E-state index is 0.827. The van der Waals surface area contributed by atoms with E-state index >= 15 is 0 Å². The highest BCUT2D eigenvalue weighted by Crippen LogP contribution is 2.18. The van der Waals surface area contributed by atoms with Crippen LogP contribution in [0.3, 0.4) is 0 Å². The molecule has 0 saturated heterocycles. The van der Waals surface area contributed by atoms with Crippen LogP contribution in [0.1, 0.15) is 32.1 Å². The number of hydrogen-bond donors (Lipinski definition) is 1. The quantitative estimate of drug-likeness (QED) is 0.508. The summed E-state index contributed by atoms with van der Waals surface area (Å²) in [5.74, 6) is 0. The van der Waals surface area contributed by atoms with Crippen LogP contribution in [-0.2, 0) is 9.47 Å². The van der Waals surface area contributed by atoms with Gasteiger partial charge in [0.05, 0.1) is 6.61 Å². The van der Waals surface area contributed by atoms with Crippen LogP contribution in [0.15, 0.2) is 0 Å². The first kappa shape index (κ1) is 15.9. The van der Waals surface area contributed by atoms with Gasteiger partial charge < -0.3 is 19.7 Å². The Labute approximate surface area is 112 Å². The summed E-state index contributed by atoms with van der Waals surface area (Å²) in [5, 5.41) is 3.56. The molecule has 0 bridgehead atoms. The molecule has 0 aromatic heterocycles. The van der Waals surface area contributed by atoms with Crippen molar-refractivity contribution in [3.63, 3.8) is 0 Å². The van der Waals surface area contributed by atoms with Crippen molar-refractivity contribution in [3.8, 4) is 0 Å². The first-order valence-electron chi connectivity index (χ1n) is 7.30. The summed E-state index contributed by atoms with van der Waals surface area (Å²) in [6.07, 6.45) is 6.44. The van der Waals surface area contributed by atoms with E-state index in [2.05, 4.69) is 10.2 Å². The summed E-state index contributed by atoms with van der Waals surface area (Å²) < 4.78 is 10.3. The molecule has 0 heterocycles. The lowest BCUT2D eigenvalue weighted by molar-refractivity contribution is 0.131. The van der Waals surface area contributed by atoms with Crippen molar-refractivity contribution in [1.29, 1.82) is 0 Å². The molecule has 0 amide bonds. The molecule has 1 saturated carbocycles. The number of ether oxygens (including phenoxy) is 2. The summed E-state index contributed by atoms with van der Waals surface area (Å²) in [7, 11) is 3.54. The van der Waals surface area contributed by atoms with Gasteiger partial charge in [0.1, 0.15) is 0 Å². The lowest BCUT2D eigenvalue weighted by atomic mass is 10.2. The largest absolute Gasteiger partial charge is 0.385 e. The molecular weight excluding hydrogens is 228 g/mol. The summed E-state index contributed by atoms with van der Waals surface area (Å²) in [4.78, 5) is 2.49. The molecule has 0 atom stereocenters. The molecule has 1 fully saturated rings. The fourth-order valence-corrected chi connectivity index (χ4v) is 2.04. The van der Waals surface area contributed by atoms with Crippen molar-refractivity contribution in [2.24, 2.45) is 0 Å². The van der Waals surface area contributed by atoms with Gasteiger partial charge in [0.2, 0.25) is 0 Å². The van der Waals surface area contributed by atoms with E-state index in [0.29, 0.717) is 0 Å². The Bertz CT molecular complexity index is 187. The maximum absolute atomic E-state index is 5.16. The molecule has 0 aliphatic heterocycles. The zero-order valence-electron chi connectivity index (χ0n) is 12.1. The highest BCUT2D eigenvalue weighted by molar-refractivity contribution is 4.80. The third-order valence-corrected chi connectivity index (χ3v) is 3.35. The summed E-state index contributed by atoms with van der Waals surface area (Å²) in [6, 6.07) is 0.844. The van der Waals surface area contributed by atoms with Gasteiger partial charge in [-0.05, 0) is 45.2 Å². The van der Waals surface area contributed by atoms with Crippen molar-refractivity contribution in [2.75, 3.05) is 53.6 Å². The van der Waals surface area contributed by atoms with E-state index in [1.54, 1.807) is 14.2 Å². The number of hydrogen-bond acceptors (Lipinski definition) is 4. The van der Waals surface area contributed by atoms with E-state index in [9.17, 15) is 0 Å². The molecule has 18 heavy (non-hydrogen) atoms. The third kappa shape index (κ3) is 8.86. The molecule has 0 unspecified atom stereocenters. The van der Waals surface area contributed by atoms with E-state index in [1.807, 2.05) is 0 Å². The van der Waals surface area contributed by atoms with Gasteiger partial charge in [0.15, 0.2) is 0 Å². The van der Waals surface area contributed by atoms with Crippen molar-refractivity contribution in [1.82, 2.24) is 10.2 Å². The number of rotatable bonds is 13. The molecular formula is C14H30N2O2. The van der Waals surface area contributed by atoms with E-state index in [1.165, 1.54) is 38.8 Å². The average Bonchev–Trinajstić information content (AvgIpc) is 3.19. The Balaban J connectivity index is 1.97. The van der Waals surface area contributed by atoms with Gasteiger partial charge in [-0.1, -0.05) is 0 Å². The second kappa shape index (κ2) is 10.7. The molecule has 0 radical (unpaired) electrons. The van der Waals surface area contributed by atoms with E-state index < -0.39 is 0 Å². The Morgan fingerprint density at radius 1 is 0.944 bits per heavy atom. The lowest BCUT2D eigenvalue weighted by Gasteiger charge is -2.21. The van der Waals surface area contributed by atoms with Gasteiger partial charge in [-0.2, -0.15) is 0 Å². The minimum absolute atomic E-state index is 0.827. The SMILES string of the molecule is COCCCN(CCCCNC1CC1)CCOC. The number of unbranched alkanes of at least 4 members (excludes halogenated alkanes) is 1. The third-order valence-electron chi connectivity index (χ3n) is 3.35. The van der Waals surface area contributed by atoms with Crippen molar-refractivity contribution < 1.29 is 9.47 Å². The van der Waals surface area contributed by atoms with Crippen LogP contribution in [0.2, 0.25) is 0 Å². The summed E-state index contributed by atoms with van der Waals surface area (Å²) >= 11 is 0. The topological polar surface area (TPSA) is 33.7 Å². The van der Waals surface area contributed by atoms with Crippen molar-refractivity contribution in [3.05, 3.63) is 0 Å². The Kier molecular flexibility index (Phi) is 9.48. The number of methoxy groups -OCH3 is 2. The molecule has 1 rings (SSSR count).